The fourth-order valence-corrected chi connectivity index (χ4v) is 4.37. The van der Waals surface area contributed by atoms with Crippen molar-refractivity contribution in [2.24, 2.45) is 11.7 Å². The van der Waals surface area contributed by atoms with E-state index in [0.717, 1.165) is 41.1 Å². The zero-order valence-corrected chi connectivity index (χ0v) is 21.1. The summed E-state index contributed by atoms with van der Waals surface area (Å²) in [6.45, 7) is -0.818. The number of aliphatic hydroxyl groups excluding tert-OH is 4. The Hall–Kier alpha value is -4.53. The Morgan fingerprint density at radius 2 is 1.95 bits per heavy atom. The third-order valence-electron chi connectivity index (χ3n) is 6.46. The Bertz CT molecular complexity index is 1530. The van der Waals surface area contributed by atoms with Crippen molar-refractivity contribution in [1.29, 1.82) is 0 Å². The quantitative estimate of drug-likeness (QED) is 0.112. The number of aromatic nitrogens is 2. The van der Waals surface area contributed by atoms with Gasteiger partial charge in [-0.2, -0.15) is 4.39 Å². The van der Waals surface area contributed by atoms with Crippen molar-refractivity contribution in [1.82, 2.24) is 9.55 Å². The van der Waals surface area contributed by atoms with Gasteiger partial charge < -0.3 is 45.7 Å². The van der Waals surface area contributed by atoms with Crippen LogP contribution in [0.4, 0.5) is 15.8 Å². The van der Waals surface area contributed by atoms with Crippen molar-refractivity contribution in [2.45, 2.75) is 43.0 Å². The first-order chi connectivity index (χ1) is 19.8. The smallest absolute Gasteiger partial charge is 0.330 e. The van der Waals surface area contributed by atoms with Crippen molar-refractivity contribution in [3.63, 3.8) is 0 Å². The molecule has 1 saturated heterocycles. The third-order valence-corrected chi connectivity index (χ3v) is 6.46. The topological polar surface area (TPSA) is 279 Å². The van der Waals surface area contributed by atoms with Crippen LogP contribution in [0.15, 0.2) is 51.9 Å². The minimum Gasteiger partial charge on any atom is -0.456 e. The molecule has 0 unspecified atom stereocenters. The first kappa shape index (κ1) is 30.4. The van der Waals surface area contributed by atoms with Crippen LogP contribution in [0.3, 0.4) is 0 Å². The van der Waals surface area contributed by atoms with Gasteiger partial charge >= 0.3 is 11.4 Å². The number of nitro groups is 1. The highest BCUT2D eigenvalue weighted by molar-refractivity contribution is 6.02. The Labute approximate surface area is 232 Å². The standard InChI is InChI=1S/C23H24FN5O13/c24-10-2-1-8(5-11(10)29(38)39)26-20(36)13-6-12(31)16(34)22(40-13)42-18(19(25)35)17-9(7-30)15(33)21(41-17)28-4-3-14(32)27-23(28)37/h1-6,9,12,15-18,21-22,30-31,33-34H,7H2,(H2,25,35)(H,26,36)(H,27,32,37)/t9-,12-,15+,16-,17-,18+,21+,22+/m0/s1. The first-order valence-corrected chi connectivity index (χ1v) is 12.0. The molecule has 2 aliphatic heterocycles. The highest BCUT2D eigenvalue weighted by atomic mass is 19.1. The molecule has 8 atom stereocenters. The van der Waals surface area contributed by atoms with Crippen LogP contribution in [0, 0.1) is 21.8 Å². The minimum absolute atomic E-state index is 0.228. The van der Waals surface area contributed by atoms with Gasteiger partial charge in [-0.3, -0.25) is 34.0 Å². The van der Waals surface area contributed by atoms with Gasteiger partial charge in [0.1, 0.15) is 24.4 Å². The lowest BCUT2D eigenvalue weighted by atomic mass is 9.94. The lowest BCUT2D eigenvalue weighted by molar-refractivity contribution is -0.387. The normalized spacial score (nSPS) is 27.9. The Morgan fingerprint density at radius 1 is 1.24 bits per heavy atom. The summed E-state index contributed by atoms with van der Waals surface area (Å²) in [5.41, 5.74) is 2.56. The zero-order valence-electron chi connectivity index (χ0n) is 21.1. The van der Waals surface area contributed by atoms with E-state index in [1.54, 1.807) is 0 Å². The SMILES string of the molecule is NC(=O)[C@H](O[C@H]1OC(C(=O)Nc2ccc(F)c([N+](=O)[O-])c2)=C[C@H](O)[C@@H]1O)[C@H]1O[C@@H](n2ccc(=O)[nH]c2=O)[C@H](O)[C@@H]1CO. The Balaban J connectivity index is 1.55. The molecule has 0 bridgehead atoms. The second-order valence-corrected chi connectivity index (χ2v) is 9.18. The number of nitrogens with two attached hydrogens (primary N) is 1. The van der Waals surface area contributed by atoms with E-state index in [0.29, 0.717) is 0 Å². The van der Waals surface area contributed by atoms with Gasteiger partial charge in [0, 0.05) is 29.9 Å². The van der Waals surface area contributed by atoms with Crippen molar-refractivity contribution in [3.05, 3.63) is 79.1 Å². The van der Waals surface area contributed by atoms with Gasteiger partial charge in [0.05, 0.1) is 11.5 Å². The number of nitrogens with zero attached hydrogens (tertiary/aromatic N) is 2. The number of benzene rings is 1. The number of rotatable bonds is 9. The molecule has 226 valence electrons. The maximum Gasteiger partial charge on any atom is 0.330 e. The van der Waals surface area contributed by atoms with Gasteiger partial charge in [0.2, 0.25) is 18.0 Å². The van der Waals surface area contributed by atoms with E-state index >= 15 is 0 Å². The number of anilines is 1. The van der Waals surface area contributed by atoms with E-state index < -0.39 is 101 Å². The molecule has 4 rings (SSSR count). The van der Waals surface area contributed by atoms with Crippen LogP contribution in [0.25, 0.3) is 0 Å². The number of H-pyrrole nitrogens is 1. The fraction of sp³-hybridized carbons (Fsp3) is 0.391. The predicted molar refractivity (Wildman–Crippen MR) is 133 cm³/mol. The molecule has 8 N–H and O–H groups in total. The minimum atomic E-state index is -1.99. The molecule has 0 spiro atoms. The highest BCUT2D eigenvalue weighted by Gasteiger charge is 2.51. The summed E-state index contributed by atoms with van der Waals surface area (Å²) in [5.74, 6) is -5.54. The average molecular weight is 597 g/mol. The lowest BCUT2D eigenvalue weighted by Crippen LogP contribution is -2.52. The number of hydrogen-bond acceptors (Lipinski definition) is 13. The number of ether oxygens (including phenoxy) is 3. The van der Waals surface area contributed by atoms with Crippen LogP contribution in [-0.4, -0.2) is 90.1 Å². The number of carbonyl (C=O) groups excluding carboxylic acids is 2. The zero-order chi connectivity index (χ0) is 30.9. The summed E-state index contributed by atoms with van der Waals surface area (Å²) in [6, 6.07) is 3.42. The molecule has 2 amide bonds. The number of aliphatic hydroxyl groups is 4. The monoisotopic (exact) mass is 597 g/mol. The van der Waals surface area contributed by atoms with Gasteiger partial charge in [-0.15, -0.1) is 0 Å². The summed E-state index contributed by atoms with van der Waals surface area (Å²) in [5, 5.41) is 54.5. The highest BCUT2D eigenvalue weighted by Crippen LogP contribution is 2.36. The van der Waals surface area contributed by atoms with Crippen molar-refractivity contribution in [2.75, 3.05) is 11.9 Å². The van der Waals surface area contributed by atoms with Crippen LogP contribution in [0.1, 0.15) is 6.23 Å². The number of hydrogen-bond donors (Lipinski definition) is 7. The van der Waals surface area contributed by atoms with E-state index in [4.69, 9.17) is 19.9 Å². The van der Waals surface area contributed by atoms with Gasteiger partial charge in [0.15, 0.2) is 18.1 Å². The maximum absolute atomic E-state index is 13.6. The molecule has 1 fully saturated rings. The van der Waals surface area contributed by atoms with Gasteiger partial charge in [0.25, 0.3) is 11.5 Å². The number of aromatic amines is 1. The second kappa shape index (κ2) is 12.1. The van der Waals surface area contributed by atoms with Gasteiger partial charge in [-0.1, -0.05) is 0 Å². The summed E-state index contributed by atoms with van der Waals surface area (Å²) < 4.78 is 30.8. The number of halogens is 1. The molecule has 1 aromatic carbocycles. The Morgan fingerprint density at radius 3 is 2.57 bits per heavy atom. The van der Waals surface area contributed by atoms with Gasteiger partial charge in [-0.25, -0.2) is 4.79 Å². The molecule has 42 heavy (non-hydrogen) atoms. The van der Waals surface area contributed by atoms with E-state index in [2.05, 4.69) is 5.32 Å². The number of carbonyl (C=O) groups is 2. The van der Waals surface area contributed by atoms with Crippen molar-refractivity contribution >= 4 is 23.2 Å². The Kier molecular flexibility index (Phi) is 8.80. The van der Waals surface area contributed by atoms with Crippen LogP contribution in [0.5, 0.6) is 0 Å². The van der Waals surface area contributed by atoms with Crippen LogP contribution < -0.4 is 22.3 Å². The molecule has 0 radical (unpaired) electrons. The van der Waals surface area contributed by atoms with Crippen LogP contribution in [0.2, 0.25) is 0 Å². The van der Waals surface area contributed by atoms with Crippen LogP contribution in [-0.2, 0) is 23.8 Å². The summed E-state index contributed by atoms with van der Waals surface area (Å²) >= 11 is 0. The van der Waals surface area contributed by atoms with E-state index in [1.165, 1.54) is 0 Å². The largest absolute Gasteiger partial charge is 0.456 e. The van der Waals surface area contributed by atoms with E-state index in [-0.39, 0.29) is 5.69 Å². The number of primary amides is 1. The number of nitro benzene ring substituents is 1. The predicted octanol–water partition coefficient (Wildman–Crippen LogP) is -3.08. The first-order valence-electron chi connectivity index (χ1n) is 12.0. The molecule has 19 heteroatoms. The second-order valence-electron chi connectivity index (χ2n) is 9.18. The van der Waals surface area contributed by atoms with E-state index in [1.807, 2.05) is 4.98 Å². The fourth-order valence-electron chi connectivity index (χ4n) is 4.37. The van der Waals surface area contributed by atoms with Crippen molar-refractivity contribution in [3.8, 4) is 0 Å². The van der Waals surface area contributed by atoms with Crippen LogP contribution >= 0.6 is 0 Å². The summed E-state index contributed by atoms with van der Waals surface area (Å²) in [4.78, 5) is 60.7. The van der Waals surface area contributed by atoms with Gasteiger partial charge in [-0.05, 0) is 18.2 Å². The average Bonchev–Trinajstić information content (AvgIpc) is 3.25. The molecular formula is C23H24FN5O13. The summed E-state index contributed by atoms with van der Waals surface area (Å²) in [6.07, 6.45) is -10.6. The molecule has 2 aliphatic rings. The molecule has 0 saturated carbocycles. The van der Waals surface area contributed by atoms with E-state index in [9.17, 15) is 54.1 Å². The molecular weight excluding hydrogens is 573 g/mol. The molecule has 3 heterocycles. The number of nitrogens with one attached hydrogen (secondary N) is 2. The molecule has 18 nitrogen and oxygen atoms in total. The lowest BCUT2D eigenvalue weighted by Gasteiger charge is -2.35. The third kappa shape index (κ3) is 6.05. The molecule has 2 aromatic rings. The maximum atomic E-state index is 13.6. The number of amides is 2. The molecule has 0 aliphatic carbocycles. The summed E-state index contributed by atoms with van der Waals surface area (Å²) in [7, 11) is 0. The van der Waals surface area contributed by atoms with Crippen molar-refractivity contribution < 1.29 is 53.5 Å². The molecule has 1 aromatic heterocycles.